The first-order valence-corrected chi connectivity index (χ1v) is 6.19. The van der Waals surface area contributed by atoms with E-state index >= 15 is 0 Å². The zero-order chi connectivity index (χ0) is 13.4. The summed E-state index contributed by atoms with van der Waals surface area (Å²) < 4.78 is 5.11. The van der Waals surface area contributed by atoms with E-state index in [1.165, 1.54) is 5.56 Å². The van der Waals surface area contributed by atoms with Crippen LogP contribution in [0.3, 0.4) is 0 Å². The monoisotopic (exact) mass is 250 g/mol. The molecule has 0 bridgehead atoms. The summed E-state index contributed by atoms with van der Waals surface area (Å²) in [5.74, 6) is 1.04. The van der Waals surface area contributed by atoms with Crippen LogP contribution in [0.1, 0.15) is 12.0 Å². The molecule has 1 aromatic rings. The number of ether oxygens (including phenoxy) is 1. The lowest BCUT2D eigenvalue weighted by Crippen LogP contribution is -2.30. The van der Waals surface area contributed by atoms with E-state index in [1.807, 2.05) is 38.4 Å². The Morgan fingerprint density at radius 3 is 2.56 bits per heavy atom. The summed E-state index contributed by atoms with van der Waals surface area (Å²) >= 11 is 0. The molecule has 0 saturated heterocycles. The van der Waals surface area contributed by atoms with E-state index in [2.05, 4.69) is 5.32 Å². The van der Waals surface area contributed by atoms with Gasteiger partial charge in [-0.25, -0.2) is 0 Å². The quantitative estimate of drug-likeness (QED) is 0.793. The highest BCUT2D eigenvalue weighted by Gasteiger charge is 2.07. The van der Waals surface area contributed by atoms with Gasteiger partial charge in [0.15, 0.2) is 0 Å². The van der Waals surface area contributed by atoms with E-state index in [-0.39, 0.29) is 5.91 Å². The molecule has 0 saturated carbocycles. The molecule has 1 aromatic carbocycles. The third kappa shape index (κ3) is 4.75. The van der Waals surface area contributed by atoms with Crippen molar-refractivity contribution >= 4 is 5.91 Å². The van der Waals surface area contributed by atoms with E-state index in [0.29, 0.717) is 6.42 Å². The van der Waals surface area contributed by atoms with Crippen LogP contribution in [0.25, 0.3) is 0 Å². The lowest BCUT2D eigenvalue weighted by Gasteiger charge is -2.17. The van der Waals surface area contributed by atoms with E-state index in [9.17, 15) is 4.79 Å². The number of carbonyl (C=O) groups excluding carboxylic acids is 1. The highest BCUT2D eigenvalue weighted by Crippen LogP contribution is 2.11. The van der Waals surface area contributed by atoms with Crippen LogP contribution in [0.5, 0.6) is 5.75 Å². The van der Waals surface area contributed by atoms with Crippen LogP contribution in [0, 0.1) is 0 Å². The topological polar surface area (TPSA) is 41.6 Å². The number of carbonyl (C=O) groups is 1. The fraction of sp³-hybridized carbons (Fsp3) is 0.500. The second kappa shape index (κ2) is 7.71. The van der Waals surface area contributed by atoms with Crippen LogP contribution >= 0.6 is 0 Å². The highest BCUT2D eigenvalue weighted by molar-refractivity contribution is 5.76. The van der Waals surface area contributed by atoms with Gasteiger partial charge in [-0.05, 0) is 31.2 Å². The Morgan fingerprint density at radius 1 is 1.33 bits per heavy atom. The van der Waals surface area contributed by atoms with Crippen molar-refractivity contribution in [2.75, 3.05) is 34.3 Å². The summed E-state index contributed by atoms with van der Waals surface area (Å²) in [6.45, 7) is 1.47. The van der Waals surface area contributed by atoms with Gasteiger partial charge in [-0.2, -0.15) is 0 Å². The minimum Gasteiger partial charge on any atom is -0.497 e. The Bertz CT molecular complexity index is 363. The summed E-state index contributed by atoms with van der Waals surface area (Å²) in [5, 5.41) is 2.98. The molecule has 0 aliphatic rings. The van der Waals surface area contributed by atoms with Gasteiger partial charge in [0, 0.05) is 26.6 Å². The number of benzene rings is 1. The molecule has 0 radical (unpaired) electrons. The van der Waals surface area contributed by atoms with Crippen molar-refractivity contribution in [3.63, 3.8) is 0 Å². The van der Waals surface area contributed by atoms with Gasteiger partial charge >= 0.3 is 0 Å². The molecular formula is C14H22N2O2. The second-order valence-corrected chi connectivity index (χ2v) is 4.27. The zero-order valence-electron chi connectivity index (χ0n) is 11.4. The first-order chi connectivity index (χ1) is 8.67. The average molecular weight is 250 g/mol. The van der Waals surface area contributed by atoms with E-state index < -0.39 is 0 Å². The van der Waals surface area contributed by atoms with Crippen molar-refractivity contribution in [1.29, 1.82) is 0 Å². The van der Waals surface area contributed by atoms with Gasteiger partial charge in [-0.15, -0.1) is 0 Å². The second-order valence-electron chi connectivity index (χ2n) is 4.27. The number of hydrogen-bond acceptors (Lipinski definition) is 3. The third-order valence-electron chi connectivity index (χ3n) is 2.91. The standard InChI is InChI=1S/C14H22N2O2/c1-15-10-8-14(17)16(2)11-9-12-4-6-13(18-3)7-5-12/h4-7,15H,8-11H2,1-3H3. The predicted molar refractivity (Wildman–Crippen MR) is 72.9 cm³/mol. The van der Waals surface area contributed by atoms with Gasteiger partial charge in [0.2, 0.25) is 5.91 Å². The molecule has 0 aliphatic carbocycles. The van der Waals surface area contributed by atoms with Gasteiger partial charge in [-0.3, -0.25) is 4.79 Å². The maximum Gasteiger partial charge on any atom is 0.223 e. The molecule has 1 N–H and O–H groups in total. The Labute approximate surface area is 109 Å². The number of hydrogen-bond donors (Lipinski definition) is 1. The molecule has 0 aliphatic heterocycles. The SMILES string of the molecule is CNCCC(=O)N(C)CCc1ccc(OC)cc1. The summed E-state index contributed by atoms with van der Waals surface area (Å²) in [7, 11) is 5.36. The average Bonchev–Trinajstić information content (AvgIpc) is 2.42. The molecule has 0 aromatic heterocycles. The fourth-order valence-corrected chi connectivity index (χ4v) is 1.64. The summed E-state index contributed by atoms with van der Waals surface area (Å²) in [4.78, 5) is 13.5. The van der Waals surface area contributed by atoms with Crippen molar-refractivity contribution in [3.05, 3.63) is 29.8 Å². The third-order valence-corrected chi connectivity index (χ3v) is 2.91. The largest absolute Gasteiger partial charge is 0.497 e. The molecule has 4 heteroatoms. The fourth-order valence-electron chi connectivity index (χ4n) is 1.64. The van der Waals surface area contributed by atoms with Crippen LogP contribution < -0.4 is 10.1 Å². The Kier molecular flexibility index (Phi) is 6.22. The number of likely N-dealkylation sites (N-methyl/N-ethyl adjacent to an activating group) is 1. The Balaban J connectivity index is 2.36. The lowest BCUT2D eigenvalue weighted by molar-refractivity contribution is -0.129. The van der Waals surface area contributed by atoms with Gasteiger partial charge in [0.1, 0.15) is 5.75 Å². The highest BCUT2D eigenvalue weighted by atomic mass is 16.5. The first-order valence-electron chi connectivity index (χ1n) is 6.19. The normalized spacial score (nSPS) is 10.2. The van der Waals surface area contributed by atoms with Crippen molar-refractivity contribution in [2.45, 2.75) is 12.8 Å². The van der Waals surface area contributed by atoms with Gasteiger partial charge in [0.25, 0.3) is 0 Å². The molecule has 1 amide bonds. The van der Waals surface area contributed by atoms with Crippen molar-refractivity contribution in [2.24, 2.45) is 0 Å². The van der Waals surface area contributed by atoms with Crippen LogP contribution in [0.4, 0.5) is 0 Å². The summed E-state index contributed by atoms with van der Waals surface area (Å²) in [6, 6.07) is 7.95. The smallest absolute Gasteiger partial charge is 0.223 e. The predicted octanol–water partition coefficient (Wildman–Crippen LogP) is 1.31. The van der Waals surface area contributed by atoms with E-state index in [4.69, 9.17) is 4.74 Å². The van der Waals surface area contributed by atoms with Gasteiger partial charge < -0.3 is 15.0 Å². The van der Waals surface area contributed by atoms with Crippen molar-refractivity contribution < 1.29 is 9.53 Å². The molecule has 1 rings (SSSR count). The molecule has 0 unspecified atom stereocenters. The maximum absolute atomic E-state index is 11.7. The molecule has 0 fully saturated rings. The molecule has 0 spiro atoms. The van der Waals surface area contributed by atoms with Crippen LogP contribution in [-0.4, -0.2) is 45.1 Å². The molecular weight excluding hydrogens is 228 g/mol. The van der Waals surface area contributed by atoms with Gasteiger partial charge in [0.05, 0.1) is 7.11 Å². The van der Waals surface area contributed by atoms with Crippen LogP contribution in [0.2, 0.25) is 0 Å². The minimum absolute atomic E-state index is 0.179. The van der Waals surface area contributed by atoms with Crippen LogP contribution in [0.15, 0.2) is 24.3 Å². The minimum atomic E-state index is 0.179. The molecule has 0 heterocycles. The molecule has 0 atom stereocenters. The molecule has 18 heavy (non-hydrogen) atoms. The van der Waals surface area contributed by atoms with Gasteiger partial charge in [-0.1, -0.05) is 12.1 Å². The van der Waals surface area contributed by atoms with E-state index in [1.54, 1.807) is 12.0 Å². The van der Waals surface area contributed by atoms with Crippen molar-refractivity contribution in [1.82, 2.24) is 10.2 Å². The molecule has 100 valence electrons. The van der Waals surface area contributed by atoms with E-state index in [0.717, 1.165) is 25.3 Å². The zero-order valence-corrected chi connectivity index (χ0v) is 11.4. The maximum atomic E-state index is 11.7. The first kappa shape index (κ1) is 14.5. The number of rotatable bonds is 7. The van der Waals surface area contributed by atoms with Crippen molar-refractivity contribution in [3.8, 4) is 5.75 Å². The number of methoxy groups -OCH3 is 1. The van der Waals surface area contributed by atoms with Crippen LogP contribution in [-0.2, 0) is 11.2 Å². The number of nitrogens with zero attached hydrogens (tertiary/aromatic N) is 1. The number of nitrogens with one attached hydrogen (secondary N) is 1. The molecule has 4 nitrogen and oxygen atoms in total. The summed E-state index contributed by atoms with van der Waals surface area (Å²) in [5.41, 5.74) is 1.21. The number of amides is 1. The Hall–Kier alpha value is -1.55. The summed E-state index contributed by atoms with van der Waals surface area (Å²) in [6.07, 6.45) is 1.42. The lowest BCUT2D eigenvalue weighted by atomic mass is 10.1. The Morgan fingerprint density at radius 2 is 2.00 bits per heavy atom.